The van der Waals surface area contributed by atoms with Crippen LogP contribution in [-0.4, -0.2) is 47.8 Å². The number of hydrogen-bond acceptors (Lipinski definition) is 2. The molecule has 29 heavy (non-hydrogen) atoms. The summed E-state index contributed by atoms with van der Waals surface area (Å²) in [5.74, 6) is 1.35. The van der Waals surface area contributed by atoms with Gasteiger partial charge in [0.25, 0.3) is 0 Å². The van der Waals surface area contributed by atoms with E-state index in [9.17, 15) is 4.79 Å². The maximum atomic E-state index is 11.9. The molecule has 2 aliphatic heterocycles. The molecule has 2 saturated heterocycles. The number of amides is 1. The molecule has 1 saturated carbocycles. The summed E-state index contributed by atoms with van der Waals surface area (Å²) in [5, 5.41) is 3.52. The Morgan fingerprint density at radius 1 is 1.10 bits per heavy atom. The summed E-state index contributed by atoms with van der Waals surface area (Å²) in [6.45, 7) is 7.65. The molecule has 158 valence electrons. The molecule has 5 nitrogen and oxygen atoms in total. The second kappa shape index (κ2) is 9.19. The number of guanidine groups is 1. The van der Waals surface area contributed by atoms with Crippen molar-refractivity contribution in [3.05, 3.63) is 35.4 Å². The molecule has 0 bridgehead atoms. The van der Waals surface area contributed by atoms with Crippen LogP contribution in [0.4, 0.5) is 0 Å². The first-order valence-electron chi connectivity index (χ1n) is 11.6. The van der Waals surface area contributed by atoms with Crippen LogP contribution in [0.15, 0.2) is 29.3 Å². The van der Waals surface area contributed by atoms with Crippen LogP contribution in [0, 0.1) is 5.41 Å². The monoisotopic (exact) mass is 396 g/mol. The molecule has 1 amide bonds. The highest BCUT2D eigenvalue weighted by molar-refractivity contribution is 5.80. The van der Waals surface area contributed by atoms with Crippen molar-refractivity contribution in [1.29, 1.82) is 0 Å². The van der Waals surface area contributed by atoms with E-state index in [0.717, 1.165) is 45.1 Å². The molecule has 1 aliphatic carbocycles. The Balaban J connectivity index is 1.40. The van der Waals surface area contributed by atoms with Crippen LogP contribution in [-0.2, 0) is 17.9 Å². The van der Waals surface area contributed by atoms with Gasteiger partial charge in [-0.2, -0.15) is 0 Å². The van der Waals surface area contributed by atoms with E-state index in [0.29, 0.717) is 18.4 Å². The lowest BCUT2D eigenvalue weighted by atomic mass is 9.73. The lowest BCUT2D eigenvalue weighted by molar-refractivity contribution is -0.128. The molecular weight excluding hydrogens is 360 g/mol. The highest BCUT2D eigenvalue weighted by Gasteiger charge is 2.39. The van der Waals surface area contributed by atoms with E-state index in [1.54, 1.807) is 0 Å². The van der Waals surface area contributed by atoms with Crippen molar-refractivity contribution in [2.24, 2.45) is 10.4 Å². The van der Waals surface area contributed by atoms with Gasteiger partial charge in [-0.25, -0.2) is 4.99 Å². The predicted octanol–water partition coefficient (Wildman–Crippen LogP) is 3.93. The minimum Gasteiger partial charge on any atom is -0.357 e. The summed E-state index contributed by atoms with van der Waals surface area (Å²) in [4.78, 5) is 21.4. The van der Waals surface area contributed by atoms with Crippen molar-refractivity contribution >= 4 is 11.9 Å². The van der Waals surface area contributed by atoms with Gasteiger partial charge in [-0.05, 0) is 49.1 Å². The Labute approximate surface area is 175 Å². The maximum absolute atomic E-state index is 11.9. The van der Waals surface area contributed by atoms with Crippen LogP contribution in [0.1, 0.15) is 69.4 Å². The molecule has 0 radical (unpaired) electrons. The van der Waals surface area contributed by atoms with Crippen LogP contribution in [0.3, 0.4) is 0 Å². The molecule has 3 aliphatic rings. The number of carbonyl (C=O) groups excluding carboxylic acids is 1. The van der Waals surface area contributed by atoms with Gasteiger partial charge in [0.1, 0.15) is 0 Å². The van der Waals surface area contributed by atoms with Gasteiger partial charge in [-0.1, -0.05) is 43.5 Å². The Hall–Kier alpha value is -2.04. The number of nitrogens with one attached hydrogen (secondary N) is 1. The number of nitrogens with zero attached hydrogens (tertiary/aromatic N) is 3. The van der Waals surface area contributed by atoms with Crippen LogP contribution in [0.2, 0.25) is 0 Å². The third-order valence-electron chi connectivity index (χ3n) is 6.93. The number of benzene rings is 1. The minimum atomic E-state index is 0.286. The Kier molecular flexibility index (Phi) is 6.41. The van der Waals surface area contributed by atoms with Crippen molar-refractivity contribution in [3.63, 3.8) is 0 Å². The summed E-state index contributed by atoms with van der Waals surface area (Å²) >= 11 is 0. The topological polar surface area (TPSA) is 47.9 Å². The average Bonchev–Trinajstić information content (AvgIpc) is 3.33. The number of rotatable bonds is 5. The highest BCUT2D eigenvalue weighted by Crippen LogP contribution is 2.43. The third-order valence-corrected chi connectivity index (χ3v) is 6.93. The van der Waals surface area contributed by atoms with Gasteiger partial charge in [0.05, 0.1) is 6.54 Å². The van der Waals surface area contributed by atoms with E-state index in [1.165, 1.54) is 49.7 Å². The fraction of sp³-hybridized carbons (Fsp3) is 0.667. The van der Waals surface area contributed by atoms with Crippen molar-refractivity contribution in [3.8, 4) is 0 Å². The van der Waals surface area contributed by atoms with E-state index in [1.807, 2.05) is 4.90 Å². The fourth-order valence-corrected chi connectivity index (χ4v) is 5.34. The first-order valence-corrected chi connectivity index (χ1v) is 11.6. The second-order valence-electron chi connectivity index (χ2n) is 9.14. The van der Waals surface area contributed by atoms with E-state index in [-0.39, 0.29) is 5.91 Å². The number of hydrogen-bond donors (Lipinski definition) is 1. The predicted molar refractivity (Wildman–Crippen MR) is 118 cm³/mol. The highest BCUT2D eigenvalue weighted by atomic mass is 16.2. The van der Waals surface area contributed by atoms with Gasteiger partial charge in [-0.15, -0.1) is 0 Å². The average molecular weight is 397 g/mol. The van der Waals surface area contributed by atoms with E-state index in [2.05, 4.69) is 41.4 Å². The van der Waals surface area contributed by atoms with Crippen LogP contribution < -0.4 is 5.32 Å². The zero-order valence-corrected chi connectivity index (χ0v) is 18.0. The molecule has 1 spiro atoms. The minimum absolute atomic E-state index is 0.286. The van der Waals surface area contributed by atoms with Gasteiger partial charge >= 0.3 is 0 Å². The molecule has 1 aromatic carbocycles. The lowest BCUT2D eigenvalue weighted by Gasteiger charge is -2.33. The SMILES string of the molecule is CCNC(=NCc1cccc(CN2CCCC2=O)c1)N1CCC2(CCCCC2)C1. The summed E-state index contributed by atoms with van der Waals surface area (Å²) in [6.07, 6.45) is 9.99. The second-order valence-corrected chi connectivity index (χ2v) is 9.14. The van der Waals surface area contributed by atoms with Crippen molar-refractivity contribution in [1.82, 2.24) is 15.1 Å². The molecule has 1 aromatic rings. The van der Waals surface area contributed by atoms with Crippen LogP contribution in [0.5, 0.6) is 0 Å². The van der Waals surface area contributed by atoms with E-state index < -0.39 is 0 Å². The summed E-state index contributed by atoms with van der Waals surface area (Å²) in [5.41, 5.74) is 2.97. The van der Waals surface area contributed by atoms with Gasteiger partial charge in [0, 0.05) is 39.1 Å². The van der Waals surface area contributed by atoms with Crippen molar-refractivity contribution in [2.75, 3.05) is 26.2 Å². The quantitative estimate of drug-likeness (QED) is 0.606. The van der Waals surface area contributed by atoms with Gasteiger partial charge in [-0.3, -0.25) is 4.79 Å². The summed E-state index contributed by atoms with van der Waals surface area (Å²) in [6, 6.07) is 8.58. The van der Waals surface area contributed by atoms with E-state index >= 15 is 0 Å². The van der Waals surface area contributed by atoms with Gasteiger partial charge < -0.3 is 15.1 Å². The molecule has 4 rings (SSSR count). The normalized spacial score (nSPS) is 22.0. The lowest BCUT2D eigenvalue weighted by Crippen LogP contribution is -2.41. The Morgan fingerprint density at radius 2 is 1.93 bits per heavy atom. The zero-order valence-electron chi connectivity index (χ0n) is 18.0. The molecule has 0 atom stereocenters. The zero-order chi connectivity index (χ0) is 20.1. The molecule has 1 N–H and O–H groups in total. The summed E-state index contributed by atoms with van der Waals surface area (Å²) < 4.78 is 0. The summed E-state index contributed by atoms with van der Waals surface area (Å²) in [7, 11) is 0. The number of likely N-dealkylation sites (tertiary alicyclic amines) is 2. The van der Waals surface area contributed by atoms with Gasteiger partial charge in [0.2, 0.25) is 5.91 Å². The maximum Gasteiger partial charge on any atom is 0.222 e. The largest absolute Gasteiger partial charge is 0.357 e. The molecule has 0 aromatic heterocycles. The molecular formula is C24H36N4O. The standard InChI is InChI=1S/C24H36N4O/c1-2-25-23(28-15-13-24(19-28)11-4-3-5-12-24)26-17-20-8-6-9-21(16-20)18-27-14-7-10-22(27)29/h6,8-9,16H,2-5,7,10-15,17-19H2,1H3,(H,25,26). The molecule has 0 unspecified atom stereocenters. The van der Waals surface area contributed by atoms with Crippen LogP contribution >= 0.6 is 0 Å². The Morgan fingerprint density at radius 3 is 2.69 bits per heavy atom. The smallest absolute Gasteiger partial charge is 0.222 e. The third kappa shape index (κ3) is 4.93. The first kappa shape index (κ1) is 20.2. The van der Waals surface area contributed by atoms with E-state index in [4.69, 9.17) is 4.99 Å². The number of carbonyl (C=O) groups is 1. The molecule has 3 fully saturated rings. The number of aliphatic imine (C=N–C) groups is 1. The first-order chi connectivity index (χ1) is 14.2. The van der Waals surface area contributed by atoms with Crippen LogP contribution in [0.25, 0.3) is 0 Å². The molecule has 5 heteroatoms. The fourth-order valence-electron chi connectivity index (χ4n) is 5.34. The van der Waals surface area contributed by atoms with Gasteiger partial charge in [0.15, 0.2) is 5.96 Å². The van der Waals surface area contributed by atoms with Crippen molar-refractivity contribution in [2.45, 2.75) is 71.4 Å². The molecule has 2 heterocycles. The Bertz CT molecular complexity index is 738. The van der Waals surface area contributed by atoms with Crippen molar-refractivity contribution < 1.29 is 4.79 Å².